The van der Waals surface area contributed by atoms with Gasteiger partial charge >= 0.3 is 0 Å². The highest BCUT2D eigenvalue weighted by molar-refractivity contribution is 7.80. The molecule has 0 saturated carbocycles. The molecule has 0 bridgehead atoms. The molecule has 0 aliphatic carbocycles. The summed E-state index contributed by atoms with van der Waals surface area (Å²) in [6.45, 7) is 0. The van der Waals surface area contributed by atoms with E-state index in [4.69, 9.17) is 12.2 Å². The quantitative estimate of drug-likeness (QED) is 0.570. The third kappa shape index (κ3) is 4.36. The maximum Gasteiger partial charge on any atom is 0.288 e. The Morgan fingerprint density at radius 3 is 2.29 bits per heavy atom. The highest BCUT2D eigenvalue weighted by Gasteiger charge is 2.09. The van der Waals surface area contributed by atoms with E-state index < -0.39 is 5.91 Å². The lowest BCUT2D eigenvalue weighted by molar-refractivity contribution is 0.0930. The largest absolute Gasteiger partial charge is 0.298 e. The van der Waals surface area contributed by atoms with Gasteiger partial charge in [0, 0.05) is 11.8 Å². The summed E-state index contributed by atoms with van der Waals surface area (Å²) < 4.78 is 0. The summed E-state index contributed by atoms with van der Waals surface area (Å²) in [5.41, 5.74) is 5.50. The number of hydrazine groups is 1. The van der Waals surface area contributed by atoms with Crippen LogP contribution in [0.5, 0.6) is 0 Å². The van der Waals surface area contributed by atoms with Crippen molar-refractivity contribution < 1.29 is 9.59 Å². The van der Waals surface area contributed by atoms with Gasteiger partial charge in [-0.25, -0.2) is 0 Å². The van der Waals surface area contributed by atoms with Crippen LogP contribution in [0.2, 0.25) is 0 Å². The maximum absolute atomic E-state index is 11.8. The van der Waals surface area contributed by atoms with Crippen molar-refractivity contribution in [3.8, 4) is 0 Å². The molecule has 7 heteroatoms. The van der Waals surface area contributed by atoms with Crippen molar-refractivity contribution >= 4 is 29.1 Å². The molecule has 0 fully saturated rings. The molecular weight excluding hydrogens is 288 g/mol. The van der Waals surface area contributed by atoms with E-state index in [1.165, 1.54) is 6.20 Å². The van der Waals surface area contributed by atoms with Crippen molar-refractivity contribution in [1.82, 2.24) is 21.2 Å². The second-order valence-electron chi connectivity index (χ2n) is 3.94. The van der Waals surface area contributed by atoms with E-state index in [9.17, 15) is 9.59 Å². The summed E-state index contributed by atoms with van der Waals surface area (Å²) in [6, 6.07) is 13.6. The molecule has 0 radical (unpaired) electrons. The number of nitrogens with one attached hydrogen (secondary N) is 3. The fourth-order valence-corrected chi connectivity index (χ4v) is 1.61. The Morgan fingerprint density at radius 1 is 0.905 bits per heavy atom. The van der Waals surface area contributed by atoms with Gasteiger partial charge < -0.3 is 0 Å². The molecule has 0 aliphatic rings. The summed E-state index contributed by atoms with van der Waals surface area (Å²) >= 11 is 4.92. The lowest BCUT2D eigenvalue weighted by Gasteiger charge is -2.10. The van der Waals surface area contributed by atoms with Gasteiger partial charge in [0.25, 0.3) is 11.8 Å². The topological polar surface area (TPSA) is 83.1 Å². The molecule has 3 N–H and O–H groups in total. The zero-order valence-corrected chi connectivity index (χ0v) is 11.7. The average Bonchev–Trinajstić information content (AvgIpc) is 2.54. The molecule has 21 heavy (non-hydrogen) atoms. The molecular formula is C14H12N4O2S. The highest BCUT2D eigenvalue weighted by Crippen LogP contribution is 1.97. The molecule has 0 atom stereocenters. The maximum atomic E-state index is 11.8. The molecule has 0 saturated heterocycles. The van der Waals surface area contributed by atoms with Crippen LogP contribution in [0.1, 0.15) is 20.8 Å². The lowest BCUT2D eigenvalue weighted by atomic mass is 10.2. The van der Waals surface area contributed by atoms with Gasteiger partial charge in [-0.15, -0.1) is 0 Å². The molecule has 1 aromatic carbocycles. The molecule has 2 rings (SSSR count). The highest BCUT2D eigenvalue weighted by atomic mass is 32.1. The number of aromatic nitrogens is 1. The van der Waals surface area contributed by atoms with Gasteiger partial charge in [-0.1, -0.05) is 24.3 Å². The van der Waals surface area contributed by atoms with Crippen molar-refractivity contribution in [1.29, 1.82) is 0 Å². The van der Waals surface area contributed by atoms with Crippen molar-refractivity contribution in [2.75, 3.05) is 0 Å². The Balaban J connectivity index is 1.83. The molecule has 1 aromatic heterocycles. The molecule has 2 aromatic rings. The number of hydrogen-bond acceptors (Lipinski definition) is 4. The van der Waals surface area contributed by atoms with Gasteiger partial charge in [0.1, 0.15) is 5.69 Å². The monoisotopic (exact) mass is 300 g/mol. The van der Waals surface area contributed by atoms with Crippen molar-refractivity contribution in [3.05, 3.63) is 66.0 Å². The summed E-state index contributed by atoms with van der Waals surface area (Å²) in [6.07, 6.45) is 1.50. The Bertz CT molecular complexity index is 647. The minimum Gasteiger partial charge on any atom is -0.298 e. The zero-order valence-electron chi connectivity index (χ0n) is 10.9. The molecule has 1 heterocycles. The first-order valence-corrected chi connectivity index (χ1v) is 6.45. The molecule has 0 unspecified atom stereocenters. The summed E-state index contributed by atoms with van der Waals surface area (Å²) in [5.74, 6) is -0.813. The lowest BCUT2D eigenvalue weighted by Crippen LogP contribution is -2.48. The van der Waals surface area contributed by atoms with E-state index in [0.717, 1.165) is 0 Å². The zero-order chi connectivity index (χ0) is 15.1. The molecule has 6 nitrogen and oxygen atoms in total. The number of carbonyl (C=O) groups is 2. The van der Waals surface area contributed by atoms with Gasteiger partial charge in [0.15, 0.2) is 5.11 Å². The number of nitrogens with zero attached hydrogens (tertiary/aromatic N) is 1. The van der Waals surface area contributed by atoms with Crippen LogP contribution in [0.4, 0.5) is 0 Å². The second-order valence-corrected chi connectivity index (χ2v) is 4.35. The van der Waals surface area contributed by atoms with Gasteiger partial charge in [-0.05, 0) is 36.5 Å². The smallest absolute Gasteiger partial charge is 0.288 e. The number of rotatable bonds is 2. The number of carbonyl (C=O) groups excluding carboxylic acids is 2. The van der Waals surface area contributed by atoms with Crippen molar-refractivity contribution in [2.24, 2.45) is 0 Å². The Morgan fingerprint density at radius 2 is 1.62 bits per heavy atom. The minimum atomic E-state index is -0.452. The predicted molar refractivity (Wildman–Crippen MR) is 81.3 cm³/mol. The third-order valence-corrected chi connectivity index (χ3v) is 2.65. The fraction of sp³-hybridized carbons (Fsp3) is 0. The van der Waals surface area contributed by atoms with Crippen molar-refractivity contribution in [2.45, 2.75) is 0 Å². The molecule has 0 aliphatic heterocycles. The fourth-order valence-electron chi connectivity index (χ4n) is 1.47. The summed E-state index contributed by atoms with van der Waals surface area (Å²) in [4.78, 5) is 27.4. The predicted octanol–water partition coefficient (Wildman–Crippen LogP) is 1.03. The first-order valence-electron chi connectivity index (χ1n) is 6.04. The van der Waals surface area contributed by atoms with E-state index in [0.29, 0.717) is 5.56 Å². The Labute approximate surface area is 126 Å². The van der Waals surface area contributed by atoms with Crippen LogP contribution in [-0.2, 0) is 0 Å². The second kappa shape index (κ2) is 7.11. The van der Waals surface area contributed by atoms with Crippen LogP contribution < -0.4 is 16.2 Å². The Hall–Kier alpha value is -2.80. The van der Waals surface area contributed by atoms with E-state index >= 15 is 0 Å². The Kier molecular flexibility index (Phi) is 4.94. The van der Waals surface area contributed by atoms with Crippen molar-refractivity contribution in [3.63, 3.8) is 0 Å². The SMILES string of the molecule is O=C(NC(=S)NNC(=O)c1ccccn1)c1ccccc1. The van der Waals surface area contributed by atoms with Gasteiger partial charge in [0.2, 0.25) is 0 Å². The molecule has 2 amide bonds. The minimum absolute atomic E-state index is 0.00636. The van der Waals surface area contributed by atoms with E-state index in [1.54, 1.807) is 48.5 Å². The molecule has 0 spiro atoms. The first kappa shape index (κ1) is 14.6. The van der Waals surface area contributed by atoms with Gasteiger partial charge in [0.05, 0.1) is 0 Å². The van der Waals surface area contributed by atoms with Crippen LogP contribution in [0.15, 0.2) is 54.7 Å². The summed E-state index contributed by atoms with van der Waals surface area (Å²) in [5, 5.41) is 2.44. The average molecular weight is 300 g/mol. The van der Waals surface area contributed by atoms with E-state index in [2.05, 4.69) is 21.2 Å². The number of pyridine rings is 1. The van der Waals surface area contributed by atoms with E-state index in [1.807, 2.05) is 0 Å². The van der Waals surface area contributed by atoms with Crippen LogP contribution in [0.3, 0.4) is 0 Å². The van der Waals surface area contributed by atoms with Gasteiger partial charge in [-0.3, -0.25) is 30.7 Å². The van der Waals surface area contributed by atoms with Crippen LogP contribution in [0, 0.1) is 0 Å². The number of benzene rings is 1. The normalized spacial score (nSPS) is 9.52. The number of amides is 2. The first-order chi connectivity index (χ1) is 10.2. The van der Waals surface area contributed by atoms with Crippen LogP contribution in [-0.4, -0.2) is 21.9 Å². The number of thiocarbonyl (C=S) groups is 1. The summed E-state index contributed by atoms with van der Waals surface area (Å²) in [7, 11) is 0. The van der Waals surface area contributed by atoms with Crippen LogP contribution >= 0.6 is 12.2 Å². The van der Waals surface area contributed by atoms with Crippen LogP contribution in [0.25, 0.3) is 0 Å². The third-order valence-electron chi connectivity index (χ3n) is 2.45. The van der Waals surface area contributed by atoms with Gasteiger partial charge in [-0.2, -0.15) is 0 Å². The van der Waals surface area contributed by atoms with E-state index in [-0.39, 0.29) is 16.7 Å². The molecule has 106 valence electrons. The number of hydrogen-bond donors (Lipinski definition) is 3. The standard InChI is InChI=1S/C14H12N4O2S/c19-12(10-6-2-1-3-7-10)16-14(21)18-17-13(20)11-8-4-5-9-15-11/h1-9H,(H,17,20)(H2,16,18,19,21).